The van der Waals surface area contributed by atoms with Gasteiger partial charge in [-0.15, -0.1) is 0 Å². The van der Waals surface area contributed by atoms with Gasteiger partial charge in [0.2, 0.25) is 5.91 Å². The molecule has 3 aromatic carbocycles. The fourth-order valence-corrected chi connectivity index (χ4v) is 4.69. The Labute approximate surface area is 229 Å². The van der Waals surface area contributed by atoms with E-state index < -0.39 is 11.7 Å². The molecule has 4 rings (SSSR count). The number of nitrogens with one attached hydrogen (secondary N) is 1. The van der Waals surface area contributed by atoms with Gasteiger partial charge < -0.3 is 19.5 Å². The number of rotatable bonds is 12. The second-order valence-corrected chi connectivity index (χ2v) is 10.1. The number of ether oxygens (including phenoxy) is 1. The normalized spacial score (nSPS) is 11.1. The Morgan fingerprint density at radius 2 is 1.67 bits per heavy atom. The molecule has 1 N–H and O–H groups in total. The number of benzene rings is 3. The summed E-state index contributed by atoms with van der Waals surface area (Å²) in [4.78, 5) is 33.6. The third-order valence-corrected chi connectivity index (χ3v) is 6.59. The van der Waals surface area contributed by atoms with Gasteiger partial charge >= 0.3 is 0 Å². The second kappa shape index (κ2) is 13.1. The summed E-state index contributed by atoms with van der Waals surface area (Å²) < 4.78 is 20.0. The van der Waals surface area contributed by atoms with Crippen molar-refractivity contribution in [3.63, 3.8) is 0 Å². The predicted octanol–water partition coefficient (Wildman–Crippen LogP) is 6.08. The van der Waals surface area contributed by atoms with Crippen molar-refractivity contribution >= 4 is 22.7 Å². The van der Waals surface area contributed by atoms with Crippen LogP contribution in [0.15, 0.2) is 79.0 Å². The highest BCUT2D eigenvalue weighted by Crippen LogP contribution is 2.20. The fraction of sp³-hybridized carbons (Fsp3) is 0.312. The van der Waals surface area contributed by atoms with Gasteiger partial charge in [0.05, 0.1) is 12.2 Å². The molecule has 0 saturated heterocycles. The van der Waals surface area contributed by atoms with Gasteiger partial charge in [-0.25, -0.2) is 4.39 Å². The van der Waals surface area contributed by atoms with E-state index in [1.54, 1.807) is 17.0 Å². The summed E-state index contributed by atoms with van der Waals surface area (Å²) in [7, 11) is 0. The number of hydrogen-bond donors (Lipinski definition) is 1. The van der Waals surface area contributed by atoms with Crippen LogP contribution in [0.1, 0.15) is 42.3 Å². The number of aromatic nitrogens is 1. The van der Waals surface area contributed by atoms with Crippen LogP contribution < -0.4 is 4.74 Å². The molecule has 0 aliphatic rings. The van der Waals surface area contributed by atoms with Crippen molar-refractivity contribution in [3.8, 4) is 5.75 Å². The van der Waals surface area contributed by atoms with Crippen molar-refractivity contribution in [2.45, 2.75) is 33.7 Å². The maximum Gasteiger partial charge on any atom is 0.257 e. The van der Waals surface area contributed by atoms with Gasteiger partial charge in [0.25, 0.3) is 5.91 Å². The van der Waals surface area contributed by atoms with Crippen molar-refractivity contribution in [2.24, 2.45) is 5.92 Å². The van der Waals surface area contributed by atoms with Gasteiger partial charge in [-0.2, -0.15) is 0 Å². The predicted molar refractivity (Wildman–Crippen MR) is 152 cm³/mol. The molecule has 0 saturated carbocycles. The molecular weight excluding hydrogens is 493 g/mol. The molecule has 0 bridgehead atoms. The number of H-pyrrole nitrogens is 1. The first kappa shape index (κ1) is 27.9. The van der Waals surface area contributed by atoms with Gasteiger partial charge in [0, 0.05) is 36.7 Å². The average molecular weight is 530 g/mol. The summed E-state index contributed by atoms with van der Waals surface area (Å²) in [5.41, 5.74) is 3.11. The fourth-order valence-electron chi connectivity index (χ4n) is 4.69. The zero-order valence-corrected chi connectivity index (χ0v) is 22.8. The van der Waals surface area contributed by atoms with Crippen molar-refractivity contribution in [2.75, 3.05) is 26.2 Å². The molecule has 0 unspecified atom stereocenters. The first-order chi connectivity index (χ1) is 18.9. The lowest BCUT2D eigenvalue weighted by Crippen LogP contribution is -2.44. The summed E-state index contributed by atoms with van der Waals surface area (Å²) in [6.07, 6.45) is 2.63. The SMILES string of the molecule is CCOc1ccc(CN(CCc2c[nH]c3ccccc23)C(=O)CN(CC(C)C)C(=O)c2ccccc2F)cc1. The Hall–Kier alpha value is -4.13. The van der Waals surface area contributed by atoms with E-state index in [1.807, 2.05) is 69.4 Å². The largest absolute Gasteiger partial charge is 0.494 e. The van der Waals surface area contributed by atoms with E-state index in [2.05, 4.69) is 11.1 Å². The molecule has 204 valence electrons. The number of halogens is 1. The summed E-state index contributed by atoms with van der Waals surface area (Å²) in [6.45, 7) is 7.53. The van der Waals surface area contributed by atoms with Gasteiger partial charge in [-0.3, -0.25) is 9.59 Å². The van der Waals surface area contributed by atoms with Gasteiger partial charge in [-0.1, -0.05) is 56.3 Å². The van der Waals surface area contributed by atoms with Crippen molar-refractivity contribution in [3.05, 3.63) is 102 Å². The lowest BCUT2D eigenvalue weighted by Gasteiger charge is -2.29. The Balaban J connectivity index is 1.56. The molecule has 4 aromatic rings. The molecule has 0 radical (unpaired) electrons. The molecular formula is C32H36FN3O3. The number of nitrogens with zero attached hydrogens (tertiary/aromatic N) is 2. The van der Waals surface area contributed by atoms with Gasteiger partial charge in [-0.05, 0) is 60.7 Å². The number of fused-ring (bicyclic) bond motifs is 1. The smallest absolute Gasteiger partial charge is 0.257 e. The first-order valence-corrected chi connectivity index (χ1v) is 13.4. The molecule has 0 fully saturated rings. The summed E-state index contributed by atoms with van der Waals surface area (Å²) >= 11 is 0. The lowest BCUT2D eigenvalue weighted by molar-refractivity contribution is -0.132. The monoisotopic (exact) mass is 529 g/mol. The van der Waals surface area contributed by atoms with Crippen molar-refractivity contribution < 1.29 is 18.7 Å². The third-order valence-electron chi connectivity index (χ3n) is 6.59. The summed E-state index contributed by atoms with van der Waals surface area (Å²) in [5, 5.41) is 1.13. The Kier molecular flexibility index (Phi) is 9.36. The highest BCUT2D eigenvalue weighted by Gasteiger charge is 2.25. The molecule has 1 heterocycles. The highest BCUT2D eigenvalue weighted by atomic mass is 19.1. The standard InChI is InChI=1S/C32H36FN3O3/c1-4-39-26-15-13-24(14-16-26)21-35(18-17-25-19-34-30-12-8-6-9-27(25)30)31(37)22-36(20-23(2)3)32(38)28-10-5-7-11-29(28)33/h5-16,19,23,34H,4,17-18,20-22H2,1-3H3. The molecule has 39 heavy (non-hydrogen) atoms. The molecule has 0 aliphatic heterocycles. The number of amides is 2. The second-order valence-electron chi connectivity index (χ2n) is 10.1. The minimum Gasteiger partial charge on any atom is -0.494 e. The third kappa shape index (κ3) is 7.25. The molecule has 2 amide bonds. The molecule has 0 spiro atoms. The number of carbonyl (C=O) groups excluding carboxylic acids is 2. The van der Waals surface area contributed by atoms with Crippen molar-refractivity contribution in [1.29, 1.82) is 0 Å². The van der Waals surface area contributed by atoms with Crippen LogP contribution >= 0.6 is 0 Å². The summed E-state index contributed by atoms with van der Waals surface area (Å²) in [6, 6.07) is 21.7. The zero-order chi connectivity index (χ0) is 27.8. The zero-order valence-electron chi connectivity index (χ0n) is 22.8. The van der Waals surface area contributed by atoms with E-state index in [9.17, 15) is 14.0 Å². The van der Waals surface area contributed by atoms with Crippen molar-refractivity contribution in [1.82, 2.24) is 14.8 Å². The maximum atomic E-state index is 14.5. The minimum atomic E-state index is -0.589. The minimum absolute atomic E-state index is 0.0252. The Morgan fingerprint density at radius 1 is 0.949 bits per heavy atom. The lowest BCUT2D eigenvalue weighted by atomic mass is 10.1. The number of para-hydroxylation sites is 1. The average Bonchev–Trinajstić information content (AvgIpc) is 3.34. The van der Waals surface area contributed by atoms with Crippen LogP contribution in [-0.4, -0.2) is 52.8 Å². The topological polar surface area (TPSA) is 65.6 Å². The molecule has 6 nitrogen and oxygen atoms in total. The van der Waals surface area contributed by atoms with Crippen LogP contribution in [0.4, 0.5) is 4.39 Å². The van der Waals surface area contributed by atoms with Crippen LogP contribution in [-0.2, 0) is 17.8 Å². The number of hydrogen-bond acceptors (Lipinski definition) is 3. The molecule has 0 aliphatic carbocycles. The Morgan fingerprint density at radius 3 is 2.38 bits per heavy atom. The quantitative estimate of drug-likeness (QED) is 0.242. The van der Waals surface area contributed by atoms with Crippen LogP contribution in [0.2, 0.25) is 0 Å². The molecule has 0 atom stereocenters. The molecule has 1 aromatic heterocycles. The van der Waals surface area contributed by atoms with Crippen LogP contribution in [0, 0.1) is 11.7 Å². The van der Waals surface area contributed by atoms with Gasteiger partial charge in [0.1, 0.15) is 18.1 Å². The van der Waals surface area contributed by atoms with Gasteiger partial charge in [0.15, 0.2) is 0 Å². The first-order valence-electron chi connectivity index (χ1n) is 13.4. The number of aromatic amines is 1. The van der Waals surface area contributed by atoms with E-state index in [-0.39, 0.29) is 23.9 Å². The Bertz CT molecular complexity index is 1400. The van der Waals surface area contributed by atoms with E-state index in [4.69, 9.17) is 4.74 Å². The van der Waals surface area contributed by atoms with E-state index >= 15 is 0 Å². The van der Waals surface area contributed by atoms with Crippen LogP contribution in [0.25, 0.3) is 10.9 Å². The molecule has 7 heteroatoms. The highest BCUT2D eigenvalue weighted by molar-refractivity contribution is 5.96. The van der Waals surface area contributed by atoms with Crippen LogP contribution in [0.5, 0.6) is 5.75 Å². The van der Waals surface area contributed by atoms with E-state index in [0.717, 1.165) is 27.8 Å². The van der Waals surface area contributed by atoms with Crippen LogP contribution in [0.3, 0.4) is 0 Å². The number of carbonyl (C=O) groups is 2. The van der Waals surface area contributed by atoms with E-state index in [1.165, 1.54) is 17.0 Å². The van der Waals surface area contributed by atoms with E-state index in [0.29, 0.717) is 32.7 Å². The summed E-state index contributed by atoms with van der Waals surface area (Å²) in [5.74, 6) is -0.369. The maximum absolute atomic E-state index is 14.5.